The van der Waals surface area contributed by atoms with Gasteiger partial charge in [0.1, 0.15) is 0 Å². The van der Waals surface area contributed by atoms with Crippen molar-refractivity contribution in [1.29, 1.82) is 0 Å². The van der Waals surface area contributed by atoms with Crippen LogP contribution >= 0.6 is 11.6 Å². The predicted molar refractivity (Wildman–Crippen MR) is 97.3 cm³/mol. The SMILES string of the molecule is CN=C(NCCc1ccc(Cl)cc1)NCC1(CCOC)CCC1. The summed E-state index contributed by atoms with van der Waals surface area (Å²) in [4.78, 5) is 4.32. The van der Waals surface area contributed by atoms with Crippen LogP contribution in [0, 0.1) is 5.41 Å². The fourth-order valence-corrected chi connectivity index (χ4v) is 3.10. The molecule has 1 fully saturated rings. The Balaban J connectivity index is 1.71. The van der Waals surface area contributed by atoms with Gasteiger partial charge in [0.05, 0.1) is 0 Å². The van der Waals surface area contributed by atoms with Gasteiger partial charge >= 0.3 is 0 Å². The molecule has 1 aromatic carbocycles. The van der Waals surface area contributed by atoms with Crippen molar-refractivity contribution in [2.75, 3.05) is 33.9 Å². The Morgan fingerprint density at radius 3 is 2.57 bits per heavy atom. The molecular weight excluding hydrogens is 310 g/mol. The number of guanidine groups is 1. The van der Waals surface area contributed by atoms with Crippen molar-refractivity contribution in [3.8, 4) is 0 Å². The minimum absolute atomic E-state index is 0.393. The van der Waals surface area contributed by atoms with E-state index in [4.69, 9.17) is 16.3 Å². The summed E-state index contributed by atoms with van der Waals surface area (Å²) in [5, 5.41) is 7.64. The molecule has 0 bridgehead atoms. The first-order valence-corrected chi connectivity index (χ1v) is 8.73. The Morgan fingerprint density at radius 2 is 2.00 bits per heavy atom. The van der Waals surface area contributed by atoms with Crippen molar-refractivity contribution in [2.24, 2.45) is 10.4 Å². The maximum absolute atomic E-state index is 5.90. The van der Waals surface area contributed by atoms with E-state index in [1.807, 2.05) is 19.2 Å². The summed E-state index contributed by atoms with van der Waals surface area (Å²) in [7, 11) is 3.59. The quantitative estimate of drug-likeness (QED) is 0.565. The molecule has 2 N–H and O–H groups in total. The third-order valence-corrected chi connectivity index (χ3v) is 4.98. The molecule has 0 spiro atoms. The lowest BCUT2D eigenvalue weighted by Gasteiger charge is -2.42. The Bertz CT molecular complexity index is 497. The first kappa shape index (κ1) is 18.1. The highest BCUT2D eigenvalue weighted by Gasteiger charge is 2.36. The zero-order valence-electron chi connectivity index (χ0n) is 14.2. The van der Waals surface area contributed by atoms with E-state index in [1.54, 1.807) is 7.11 Å². The topological polar surface area (TPSA) is 45.7 Å². The van der Waals surface area contributed by atoms with Crippen LogP contribution in [0.15, 0.2) is 29.3 Å². The van der Waals surface area contributed by atoms with Crippen LogP contribution in [-0.2, 0) is 11.2 Å². The van der Waals surface area contributed by atoms with E-state index < -0.39 is 0 Å². The van der Waals surface area contributed by atoms with E-state index in [0.717, 1.165) is 43.5 Å². The van der Waals surface area contributed by atoms with Gasteiger partial charge in [-0.15, -0.1) is 0 Å². The molecule has 1 aliphatic carbocycles. The monoisotopic (exact) mass is 337 g/mol. The summed E-state index contributed by atoms with van der Waals surface area (Å²) >= 11 is 5.90. The van der Waals surface area contributed by atoms with Gasteiger partial charge in [-0.3, -0.25) is 4.99 Å². The number of ether oxygens (including phenoxy) is 1. The second-order valence-corrected chi connectivity index (χ2v) is 6.76. The summed E-state index contributed by atoms with van der Waals surface area (Å²) in [6.07, 6.45) is 5.97. The second-order valence-electron chi connectivity index (χ2n) is 6.33. The van der Waals surface area contributed by atoms with Crippen LogP contribution < -0.4 is 10.6 Å². The van der Waals surface area contributed by atoms with Gasteiger partial charge < -0.3 is 15.4 Å². The highest BCUT2D eigenvalue weighted by molar-refractivity contribution is 6.30. The number of rotatable bonds is 8. The molecule has 1 aromatic rings. The van der Waals surface area contributed by atoms with E-state index in [2.05, 4.69) is 27.8 Å². The number of methoxy groups -OCH3 is 1. The van der Waals surface area contributed by atoms with E-state index in [1.165, 1.54) is 24.8 Å². The van der Waals surface area contributed by atoms with Crippen LogP contribution in [0.4, 0.5) is 0 Å². The smallest absolute Gasteiger partial charge is 0.191 e. The Kier molecular flexibility index (Phi) is 7.18. The first-order valence-electron chi connectivity index (χ1n) is 8.35. The average molecular weight is 338 g/mol. The summed E-state index contributed by atoms with van der Waals surface area (Å²) in [6, 6.07) is 7.99. The highest BCUT2D eigenvalue weighted by Crippen LogP contribution is 2.43. The molecule has 0 amide bonds. The first-order chi connectivity index (χ1) is 11.2. The minimum atomic E-state index is 0.393. The Hall–Kier alpha value is -1.26. The number of aliphatic imine (C=N–C) groups is 1. The summed E-state index contributed by atoms with van der Waals surface area (Å²) in [5.74, 6) is 0.877. The number of benzene rings is 1. The lowest BCUT2D eigenvalue weighted by atomic mass is 9.67. The minimum Gasteiger partial charge on any atom is -0.385 e. The third kappa shape index (κ3) is 5.70. The van der Waals surface area contributed by atoms with Crippen molar-refractivity contribution in [1.82, 2.24) is 10.6 Å². The van der Waals surface area contributed by atoms with Crippen molar-refractivity contribution in [2.45, 2.75) is 32.1 Å². The molecule has 0 atom stereocenters. The molecule has 0 aliphatic heterocycles. The number of nitrogens with one attached hydrogen (secondary N) is 2. The van der Waals surface area contributed by atoms with Gasteiger partial charge in [0, 0.05) is 38.9 Å². The van der Waals surface area contributed by atoms with Gasteiger partial charge in [0.25, 0.3) is 0 Å². The van der Waals surface area contributed by atoms with Crippen molar-refractivity contribution >= 4 is 17.6 Å². The van der Waals surface area contributed by atoms with Gasteiger partial charge in [-0.05, 0) is 48.8 Å². The number of hydrogen-bond donors (Lipinski definition) is 2. The van der Waals surface area contributed by atoms with E-state index in [-0.39, 0.29) is 0 Å². The molecule has 2 rings (SSSR count). The zero-order chi connectivity index (χ0) is 16.5. The molecule has 0 unspecified atom stereocenters. The van der Waals surface area contributed by atoms with Gasteiger partial charge in [0.2, 0.25) is 0 Å². The normalized spacial score (nSPS) is 16.7. The van der Waals surface area contributed by atoms with Gasteiger partial charge in [-0.25, -0.2) is 0 Å². The molecule has 23 heavy (non-hydrogen) atoms. The van der Waals surface area contributed by atoms with Crippen LogP contribution in [-0.4, -0.2) is 39.8 Å². The number of hydrogen-bond acceptors (Lipinski definition) is 2. The molecule has 4 nitrogen and oxygen atoms in total. The van der Waals surface area contributed by atoms with Crippen LogP contribution in [0.25, 0.3) is 0 Å². The molecular formula is C18H28ClN3O. The maximum Gasteiger partial charge on any atom is 0.191 e. The fraction of sp³-hybridized carbons (Fsp3) is 0.611. The van der Waals surface area contributed by atoms with E-state index >= 15 is 0 Å². The molecule has 0 radical (unpaired) electrons. The highest BCUT2D eigenvalue weighted by atomic mass is 35.5. The molecule has 0 heterocycles. The average Bonchev–Trinajstić information content (AvgIpc) is 2.53. The third-order valence-electron chi connectivity index (χ3n) is 4.72. The van der Waals surface area contributed by atoms with Crippen LogP contribution in [0.1, 0.15) is 31.2 Å². The van der Waals surface area contributed by atoms with E-state index in [9.17, 15) is 0 Å². The molecule has 1 saturated carbocycles. The lowest BCUT2D eigenvalue weighted by molar-refractivity contribution is 0.0732. The van der Waals surface area contributed by atoms with Crippen molar-refractivity contribution < 1.29 is 4.74 Å². The molecule has 128 valence electrons. The summed E-state index contributed by atoms with van der Waals surface area (Å²) in [5.41, 5.74) is 1.66. The van der Waals surface area contributed by atoms with Crippen molar-refractivity contribution in [3.63, 3.8) is 0 Å². The van der Waals surface area contributed by atoms with Gasteiger partial charge in [0.15, 0.2) is 5.96 Å². The Morgan fingerprint density at radius 1 is 1.26 bits per heavy atom. The number of nitrogens with zero attached hydrogens (tertiary/aromatic N) is 1. The second kappa shape index (κ2) is 9.14. The zero-order valence-corrected chi connectivity index (χ0v) is 15.0. The fourth-order valence-electron chi connectivity index (χ4n) is 2.98. The van der Waals surface area contributed by atoms with Crippen LogP contribution in [0.5, 0.6) is 0 Å². The predicted octanol–water partition coefficient (Wildman–Crippen LogP) is 3.25. The van der Waals surface area contributed by atoms with E-state index in [0.29, 0.717) is 5.41 Å². The standard InChI is InChI=1S/C18H28ClN3O/c1-20-17(21-12-8-15-4-6-16(19)7-5-15)22-14-18(9-3-10-18)11-13-23-2/h4-7H,3,8-14H2,1-2H3,(H2,20,21,22). The summed E-state index contributed by atoms with van der Waals surface area (Å²) < 4.78 is 5.25. The van der Waals surface area contributed by atoms with Crippen molar-refractivity contribution in [3.05, 3.63) is 34.9 Å². The molecule has 5 heteroatoms. The lowest BCUT2D eigenvalue weighted by Crippen LogP contribution is -2.47. The Labute approximate surface area is 144 Å². The van der Waals surface area contributed by atoms with Gasteiger partial charge in [-0.1, -0.05) is 30.2 Å². The van der Waals surface area contributed by atoms with Crippen LogP contribution in [0.2, 0.25) is 5.02 Å². The van der Waals surface area contributed by atoms with Gasteiger partial charge in [-0.2, -0.15) is 0 Å². The summed E-state index contributed by atoms with van der Waals surface area (Å²) in [6.45, 7) is 2.66. The molecule has 0 saturated heterocycles. The maximum atomic E-state index is 5.90. The largest absolute Gasteiger partial charge is 0.385 e. The molecule has 0 aromatic heterocycles. The molecule has 1 aliphatic rings. The van der Waals surface area contributed by atoms with Crippen LogP contribution in [0.3, 0.4) is 0 Å². The number of halogens is 1.